The van der Waals surface area contributed by atoms with E-state index in [0.717, 1.165) is 36.0 Å². The topological polar surface area (TPSA) is 20.2 Å². The van der Waals surface area contributed by atoms with Gasteiger partial charge in [-0.1, -0.05) is 57.4 Å². The third-order valence-electron chi connectivity index (χ3n) is 10.9. The van der Waals surface area contributed by atoms with Crippen LogP contribution in [-0.2, 0) is 0 Å². The van der Waals surface area contributed by atoms with Crippen LogP contribution in [0.2, 0.25) is 0 Å². The monoisotopic (exact) mass is 412 g/mol. The second kappa shape index (κ2) is 8.76. The van der Waals surface area contributed by atoms with Crippen LogP contribution in [0.15, 0.2) is 23.8 Å². The molecular weight excluding hydrogens is 364 g/mol. The lowest BCUT2D eigenvalue weighted by atomic mass is 9.48. The van der Waals surface area contributed by atoms with Crippen molar-refractivity contribution in [3.8, 4) is 0 Å². The Bertz CT molecular complexity index is 661. The third kappa shape index (κ3) is 3.76. The maximum Gasteiger partial charge on any atom is 0.0436 e. The predicted molar refractivity (Wildman–Crippen MR) is 128 cm³/mol. The molecule has 0 amide bonds. The van der Waals surface area contributed by atoms with Crippen LogP contribution < -0.4 is 0 Å². The molecule has 1 N–H and O–H groups in total. The van der Waals surface area contributed by atoms with Gasteiger partial charge in [0.25, 0.3) is 0 Å². The minimum atomic E-state index is 0.296. The molecule has 0 aromatic carbocycles. The van der Waals surface area contributed by atoms with Gasteiger partial charge in [0.05, 0.1) is 0 Å². The molecule has 0 aromatic heterocycles. The van der Waals surface area contributed by atoms with E-state index in [2.05, 4.69) is 40.3 Å². The number of aliphatic hydroxyl groups excluding tert-OH is 1. The van der Waals surface area contributed by atoms with Crippen LogP contribution in [0.25, 0.3) is 0 Å². The van der Waals surface area contributed by atoms with E-state index in [4.69, 9.17) is 0 Å². The van der Waals surface area contributed by atoms with E-state index < -0.39 is 0 Å². The van der Waals surface area contributed by atoms with Gasteiger partial charge in [-0.3, -0.25) is 0 Å². The number of aliphatic hydroxyl groups is 1. The molecule has 0 saturated heterocycles. The van der Waals surface area contributed by atoms with Crippen molar-refractivity contribution in [2.24, 2.45) is 46.3 Å². The van der Waals surface area contributed by atoms with Crippen LogP contribution in [-0.4, -0.2) is 11.7 Å². The number of allylic oxidation sites excluding steroid dienone is 3. The molecule has 0 radical (unpaired) electrons. The molecule has 0 heterocycles. The molecule has 3 fully saturated rings. The summed E-state index contributed by atoms with van der Waals surface area (Å²) in [4.78, 5) is 0. The molecule has 1 heteroatoms. The normalized spacial score (nSPS) is 42.5. The van der Waals surface area contributed by atoms with E-state index in [0.29, 0.717) is 23.4 Å². The van der Waals surface area contributed by atoms with Crippen LogP contribution in [0.4, 0.5) is 0 Å². The largest absolute Gasteiger partial charge is 0.396 e. The zero-order chi connectivity index (χ0) is 21.5. The summed E-state index contributed by atoms with van der Waals surface area (Å²) in [6.45, 7) is 14.5. The molecule has 0 bridgehead atoms. The zero-order valence-electron chi connectivity index (χ0n) is 20.4. The molecule has 0 spiro atoms. The molecule has 0 aliphatic heterocycles. The van der Waals surface area contributed by atoms with Crippen LogP contribution in [0, 0.1) is 46.3 Å². The van der Waals surface area contributed by atoms with Gasteiger partial charge in [0.15, 0.2) is 0 Å². The molecular formula is C29H48O. The summed E-state index contributed by atoms with van der Waals surface area (Å²) in [5.74, 6) is 4.88. The van der Waals surface area contributed by atoms with E-state index in [9.17, 15) is 5.11 Å². The number of fused-ring (bicyclic) bond motifs is 5. The minimum absolute atomic E-state index is 0.296. The van der Waals surface area contributed by atoms with Gasteiger partial charge in [0, 0.05) is 6.61 Å². The van der Waals surface area contributed by atoms with Gasteiger partial charge < -0.3 is 5.11 Å². The highest BCUT2D eigenvalue weighted by atomic mass is 16.3. The Kier molecular flexibility index (Phi) is 6.61. The van der Waals surface area contributed by atoms with Gasteiger partial charge in [-0.25, -0.2) is 0 Å². The van der Waals surface area contributed by atoms with Crippen LogP contribution in [0.3, 0.4) is 0 Å². The van der Waals surface area contributed by atoms with Crippen molar-refractivity contribution in [3.63, 3.8) is 0 Å². The quantitative estimate of drug-likeness (QED) is 0.421. The molecule has 170 valence electrons. The van der Waals surface area contributed by atoms with Crippen LogP contribution in [0.1, 0.15) is 105 Å². The maximum atomic E-state index is 9.42. The second-order valence-corrected chi connectivity index (χ2v) is 12.3. The van der Waals surface area contributed by atoms with Gasteiger partial charge in [-0.2, -0.15) is 0 Å². The summed E-state index contributed by atoms with van der Waals surface area (Å²) in [7, 11) is 0. The average Bonchev–Trinajstić information content (AvgIpc) is 3.07. The summed E-state index contributed by atoms with van der Waals surface area (Å²) in [5.41, 5.74) is 4.30. The summed E-state index contributed by atoms with van der Waals surface area (Å²) >= 11 is 0. The lowest BCUT2D eigenvalue weighted by molar-refractivity contribution is -0.00817. The summed E-state index contributed by atoms with van der Waals surface area (Å²) < 4.78 is 0. The van der Waals surface area contributed by atoms with E-state index in [1.807, 2.05) is 5.57 Å². The van der Waals surface area contributed by atoms with Crippen molar-refractivity contribution < 1.29 is 5.11 Å². The highest BCUT2D eigenvalue weighted by Crippen LogP contribution is 2.67. The maximum absolute atomic E-state index is 9.42. The van der Waals surface area contributed by atoms with E-state index in [1.54, 1.807) is 0 Å². The van der Waals surface area contributed by atoms with Gasteiger partial charge >= 0.3 is 0 Å². The first-order chi connectivity index (χ1) is 14.3. The van der Waals surface area contributed by atoms with Gasteiger partial charge in [-0.05, 0) is 117 Å². The van der Waals surface area contributed by atoms with Crippen molar-refractivity contribution in [2.75, 3.05) is 6.61 Å². The van der Waals surface area contributed by atoms with E-state index >= 15 is 0 Å². The number of hydrogen-bond donors (Lipinski definition) is 1. The number of hydrogen-bond acceptors (Lipinski definition) is 1. The molecule has 4 rings (SSSR count). The molecule has 1 nitrogen and oxygen atoms in total. The first-order valence-electron chi connectivity index (χ1n) is 13.3. The molecule has 30 heavy (non-hydrogen) atoms. The smallest absolute Gasteiger partial charge is 0.0436 e. The fourth-order valence-corrected chi connectivity index (χ4v) is 8.98. The van der Waals surface area contributed by atoms with Crippen molar-refractivity contribution in [1.29, 1.82) is 0 Å². The van der Waals surface area contributed by atoms with Crippen molar-refractivity contribution in [2.45, 2.75) is 105 Å². The SMILES string of the molecule is C=C(C)[C@H](CCO)CC[C@@H](C)[C@H]1CC[C@H]2C3=CC[C@H]4CCCC[C@]4(C)[C@H]3CC[C@]12C. The predicted octanol–water partition coefficient (Wildman–Crippen LogP) is 7.95. The fraction of sp³-hybridized carbons (Fsp3) is 0.862. The van der Waals surface area contributed by atoms with Gasteiger partial charge in [0.2, 0.25) is 0 Å². The van der Waals surface area contributed by atoms with Crippen molar-refractivity contribution in [3.05, 3.63) is 23.8 Å². The first-order valence-corrected chi connectivity index (χ1v) is 13.3. The summed E-state index contributed by atoms with van der Waals surface area (Å²) in [6, 6.07) is 0. The average molecular weight is 413 g/mol. The molecule has 4 aliphatic rings. The highest BCUT2D eigenvalue weighted by Gasteiger charge is 2.57. The zero-order valence-corrected chi connectivity index (χ0v) is 20.4. The Morgan fingerprint density at radius 2 is 1.80 bits per heavy atom. The molecule has 8 atom stereocenters. The summed E-state index contributed by atoms with van der Waals surface area (Å²) in [5, 5.41) is 9.42. The van der Waals surface area contributed by atoms with E-state index in [1.165, 1.54) is 76.2 Å². The molecule has 0 aromatic rings. The lowest BCUT2D eigenvalue weighted by Gasteiger charge is -2.57. The Labute approximate surface area is 186 Å². The Hall–Kier alpha value is -0.560. The van der Waals surface area contributed by atoms with Gasteiger partial charge in [-0.15, -0.1) is 0 Å². The van der Waals surface area contributed by atoms with Crippen LogP contribution in [0.5, 0.6) is 0 Å². The van der Waals surface area contributed by atoms with Crippen molar-refractivity contribution >= 4 is 0 Å². The molecule has 3 saturated carbocycles. The third-order valence-corrected chi connectivity index (χ3v) is 10.9. The minimum Gasteiger partial charge on any atom is -0.396 e. The molecule has 4 aliphatic carbocycles. The fourth-order valence-electron chi connectivity index (χ4n) is 8.98. The van der Waals surface area contributed by atoms with Gasteiger partial charge in [0.1, 0.15) is 0 Å². The van der Waals surface area contributed by atoms with E-state index in [-0.39, 0.29) is 0 Å². The Morgan fingerprint density at radius 3 is 2.53 bits per heavy atom. The number of rotatable bonds is 7. The standard InChI is InChI=1S/C29H48O/c1-20(2)22(16-19-30)10-9-21(3)25-13-14-26-24-12-11-23-8-6-7-17-28(23,4)27(24)15-18-29(25,26)5/h12,21-23,25-27,30H,1,6-11,13-19H2,2-5H3/t21-,22+,23-,25-,26+,27+,28+,29-/m1/s1. The first kappa shape index (κ1) is 22.6. The van der Waals surface area contributed by atoms with Crippen molar-refractivity contribution in [1.82, 2.24) is 0 Å². The second-order valence-electron chi connectivity index (χ2n) is 12.3. The van der Waals surface area contributed by atoms with Crippen LogP contribution >= 0.6 is 0 Å². The Balaban J connectivity index is 1.47. The lowest BCUT2D eigenvalue weighted by Crippen LogP contribution is -2.48. The highest BCUT2D eigenvalue weighted by molar-refractivity contribution is 5.27. The summed E-state index contributed by atoms with van der Waals surface area (Å²) in [6.07, 6.45) is 19.2. The Morgan fingerprint density at radius 1 is 1.03 bits per heavy atom. The molecule has 0 unspecified atom stereocenters.